The monoisotopic (exact) mass is 128 g/mol. The third kappa shape index (κ3) is 4.24. The average Bonchev–Trinajstić information content (AvgIpc) is 1.91. The predicted octanol–water partition coefficient (Wildman–Crippen LogP) is 1.34. The van der Waals surface area contributed by atoms with Gasteiger partial charge < -0.3 is 9.31 Å². The molecule has 0 radical (unpaired) electrons. The second-order valence-electron chi connectivity index (χ2n) is 1.71. The minimum Gasteiger partial charge on any atom is -0.414 e. The van der Waals surface area contributed by atoms with Crippen LogP contribution in [0.25, 0.3) is 0 Å². The summed E-state index contributed by atoms with van der Waals surface area (Å²) in [5.74, 6) is 0. The zero-order valence-electron chi connectivity index (χ0n) is 6.26. The summed E-state index contributed by atoms with van der Waals surface area (Å²) in [6.45, 7) is 1.97. The topological polar surface area (TPSA) is 18.5 Å². The first kappa shape index (κ1) is 8.72. The van der Waals surface area contributed by atoms with E-state index < -0.39 is 0 Å². The van der Waals surface area contributed by atoms with Crippen molar-refractivity contribution in [1.29, 1.82) is 0 Å². The Morgan fingerprint density at radius 3 is 2.22 bits per heavy atom. The summed E-state index contributed by atoms with van der Waals surface area (Å²) in [5.41, 5.74) is 0. The molecule has 0 amide bonds. The normalized spacial score (nSPS) is 10.6. The second kappa shape index (κ2) is 5.85. The van der Waals surface area contributed by atoms with E-state index in [0.717, 1.165) is 6.32 Å². The molecule has 0 saturated carbocycles. The van der Waals surface area contributed by atoms with E-state index in [9.17, 15) is 0 Å². The van der Waals surface area contributed by atoms with Gasteiger partial charge in [-0.05, 0) is 6.92 Å². The summed E-state index contributed by atoms with van der Waals surface area (Å²) in [6, 6.07) is 0. The Morgan fingerprint density at radius 2 is 1.89 bits per heavy atom. The van der Waals surface area contributed by atoms with Crippen LogP contribution in [0.15, 0.2) is 12.2 Å². The van der Waals surface area contributed by atoms with Crippen molar-refractivity contribution in [1.82, 2.24) is 0 Å². The van der Waals surface area contributed by atoms with Crippen molar-refractivity contribution >= 4 is 7.12 Å². The molecule has 52 valence electrons. The lowest BCUT2D eigenvalue weighted by atomic mass is 9.85. The molecule has 0 N–H and O–H groups in total. The number of hydrogen-bond donors (Lipinski definition) is 0. The van der Waals surface area contributed by atoms with E-state index in [0.29, 0.717) is 0 Å². The van der Waals surface area contributed by atoms with Gasteiger partial charge in [0.1, 0.15) is 0 Å². The van der Waals surface area contributed by atoms with Crippen LogP contribution in [0.3, 0.4) is 0 Å². The molecular formula is C6H13BO2. The zero-order valence-corrected chi connectivity index (χ0v) is 6.26. The molecule has 0 saturated heterocycles. The third-order valence-electron chi connectivity index (χ3n) is 1.09. The standard InChI is InChI=1S/C6H13BO2/c1-4-5-6-7(8-2)9-3/h4-5H,6H2,1-3H3/b5-4+. The molecule has 0 aromatic carbocycles. The molecule has 0 bridgehead atoms. The molecule has 0 fully saturated rings. The first-order valence-electron chi connectivity index (χ1n) is 3.02. The molecule has 0 unspecified atom stereocenters. The van der Waals surface area contributed by atoms with Gasteiger partial charge in [0.2, 0.25) is 0 Å². The highest BCUT2D eigenvalue weighted by molar-refractivity contribution is 6.44. The Labute approximate surface area is 57.0 Å². The number of hydrogen-bond acceptors (Lipinski definition) is 2. The van der Waals surface area contributed by atoms with Crippen molar-refractivity contribution in [3.05, 3.63) is 12.2 Å². The largest absolute Gasteiger partial charge is 0.460 e. The second-order valence-corrected chi connectivity index (χ2v) is 1.71. The molecule has 0 aliphatic rings. The molecule has 0 spiro atoms. The molecule has 0 aromatic rings. The Balaban J connectivity index is 3.31. The summed E-state index contributed by atoms with van der Waals surface area (Å²) in [7, 11) is 3.19. The van der Waals surface area contributed by atoms with Gasteiger partial charge in [-0.2, -0.15) is 0 Å². The molecule has 0 atom stereocenters. The lowest BCUT2D eigenvalue weighted by Gasteiger charge is -2.03. The van der Waals surface area contributed by atoms with Crippen LogP contribution in [0.2, 0.25) is 6.32 Å². The highest BCUT2D eigenvalue weighted by Crippen LogP contribution is 1.94. The molecule has 0 aliphatic heterocycles. The maximum atomic E-state index is 4.93. The summed E-state index contributed by atoms with van der Waals surface area (Å²) in [5, 5.41) is 0. The van der Waals surface area contributed by atoms with E-state index in [1.165, 1.54) is 0 Å². The minimum absolute atomic E-state index is 0.0822. The van der Waals surface area contributed by atoms with Gasteiger partial charge in [0, 0.05) is 20.5 Å². The SMILES string of the molecule is C/C=C/CB(OC)OC. The Morgan fingerprint density at radius 1 is 1.33 bits per heavy atom. The lowest BCUT2D eigenvalue weighted by molar-refractivity contribution is 0.281. The van der Waals surface area contributed by atoms with Crippen LogP contribution < -0.4 is 0 Å². The van der Waals surface area contributed by atoms with Crippen LogP contribution in [-0.4, -0.2) is 21.3 Å². The predicted molar refractivity (Wildman–Crippen MR) is 39.4 cm³/mol. The molecular weight excluding hydrogens is 115 g/mol. The van der Waals surface area contributed by atoms with Gasteiger partial charge in [-0.15, -0.1) is 0 Å². The summed E-state index contributed by atoms with van der Waals surface area (Å²) in [4.78, 5) is 0. The highest BCUT2D eigenvalue weighted by Gasteiger charge is 2.09. The van der Waals surface area contributed by atoms with E-state index in [2.05, 4.69) is 0 Å². The van der Waals surface area contributed by atoms with Gasteiger partial charge in [0.05, 0.1) is 0 Å². The van der Waals surface area contributed by atoms with Crippen molar-refractivity contribution in [3.8, 4) is 0 Å². The Bertz CT molecular complexity index is 79.1. The maximum absolute atomic E-state index is 4.93. The molecule has 2 nitrogen and oxygen atoms in total. The quantitative estimate of drug-likeness (QED) is 0.420. The van der Waals surface area contributed by atoms with Crippen LogP contribution in [0, 0.1) is 0 Å². The molecule has 0 rings (SSSR count). The van der Waals surface area contributed by atoms with Crippen molar-refractivity contribution in [2.45, 2.75) is 13.2 Å². The van der Waals surface area contributed by atoms with Crippen LogP contribution in [0.1, 0.15) is 6.92 Å². The lowest BCUT2D eigenvalue weighted by Crippen LogP contribution is -2.17. The van der Waals surface area contributed by atoms with Crippen molar-refractivity contribution in [2.24, 2.45) is 0 Å². The van der Waals surface area contributed by atoms with Gasteiger partial charge in [0.15, 0.2) is 0 Å². The first-order valence-corrected chi connectivity index (χ1v) is 3.02. The molecule has 9 heavy (non-hydrogen) atoms. The molecule has 0 heterocycles. The maximum Gasteiger partial charge on any atom is 0.460 e. The van der Waals surface area contributed by atoms with E-state index >= 15 is 0 Å². The van der Waals surface area contributed by atoms with Gasteiger partial charge in [0.25, 0.3) is 0 Å². The fourth-order valence-corrected chi connectivity index (χ4v) is 0.536. The van der Waals surface area contributed by atoms with Crippen LogP contribution in [-0.2, 0) is 9.31 Å². The fraction of sp³-hybridized carbons (Fsp3) is 0.667. The Hall–Kier alpha value is -0.275. The summed E-state index contributed by atoms with van der Waals surface area (Å²) < 4.78 is 9.86. The van der Waals surface area contributed by atoms with Crippen LogP contribution >= 0.6 is 0 Å². The first-order chi connectivity index (χ1) is 4.35. The highest BCUT2D eigenvalue weighted by atomic mass is 16.6. The zero-order chi connectivity index (χ0) is 7.11. The number of rotatable bonds is 4. The number of allylic oxidation sites excluding steroid dienone is 2. The van der Waals surface area contributed by atoms with Crippen molar-refractivity contribution < 1.29 is 9.31 Å². The summed E-state index contributed by atoms with van der Waals surface area (Å²) >= 11 is 0. The minimum atomic E-state index is -0.0822. The molecule has 0 aliphatic carbocycles. The van der Waals surface area contributed by atoms with Gasteiger partial charge >= 0.3 is 7.12 Å². The molecule has 3 heteroatoms. The third-order valence-corrected chi connectivity index (χ3v) is 1.09. The van der Waals surface area contributed by atoms with E-state index in [1.807, 2.05) is 19.1 Å². The molecule has 0 aromatic heterocycles. The fourth-order valence-electron chi connectivity index (χ4n) is 0.536. The smallest absolute Gasteiger partial charge is 0.414 e. The van der Waals surface area contributed by atoms with Gasteiger partial charge in [-0.25, -0.2) is 0 Å². The summed E-state index contributed by atoms with van der Waals surface area (Å²) in [6.07, 6.45) is 4.81. The van der Waals surface area contributed by atoms with Crippen LogP contribution in [0.4, 0.5) is 0 Å². The van der Waals surface area contributed by atoms with E-state index in [-0.39, 0.29) is 7.12 Å². The van der Waals surface area contributed by atoms with Crippen LogP contribution in [0.5, 0.6) is 0 Å². The van der Waals surface area contributed by atoms with Gasteiger partial charge in [-0.1, -0.05) is 12.2 Å². The van der Waals surface area contributed by atoms with Gasteiger partial charge in [-0.3, -0.25) is 0 Å². The van der Waals surface area contributed by atoms with Crippen molar-refractivity contribution in [3.63, 3.8) is 0 Å². The van der Waals surface area contributed by atoms with Crippen molar-refractivity contribution in [2.75, 3.05) is 14.2 Å². The Kier molecular flexibility index (Phi) is 5.68. The van der Waals surface area contributed by atoms with E-state index in [1.54, 1.807) is 14.2 Å². The van der Waals surface area contributed by atoms with E-state index in [4.69, 9.17) is 9.31 Å². The average molecular weight is 128 g/mol.